The van der Waals surface area contributed by atoms with Crippen LogP contribution in [-0.4, -0.2) is 17.7 Å². The maximum Gasteiger partial charge on any atom is 0.231 e. The number of nitrogens with zero attached hydrogens (tertiary/aromatic N) is 1. The first-order chi connectivity index (χ1) is 10.7. The fourth-order valence-corrected chi connectivity index (χ4v) is 2.91. The van der Waals surface area contributed by atoms with Gasteiger partial charge in [0.1, 0.15) is 0 Å². The van der Waals surface area contributed by atoms with Crippen molar-refractivity contribution in [1.82, 2.24) is 0 Å². The van der Waals surface area contributed by atoms with Crippen molar-refractivity contribution >= 4 is 22.6 Å². The van der Waals surface area contributed by atoms with Crippen LogP contribution in [0.15, 0.2) is 48.5 Å². The Labute approximate surface area is 133 Å². The maximum atomic E-state index is 8.04. The molecule has 1 heterocycles. The number of nitrogens with two attached hydrogens (primary N) is 1. The van der Waals surface area contributed by atoms with E-state index in [1.165, 1.54) is 16.8 Å². The molecule has 1 aliphatic heterocycles. The number of aryl methyl sites for hydroxylation is 1. The second kappa shape index (κ2) is 6.72. The van der Waals surface area contributed by atoms with Gasteiger partial charge in [0, 0.05) is 5.75 Å². The van der Waals surface area contributed by atoms with E-state index in [4.69, 9.17) is 20.7 Å². The first-order valence-corrected chi connectivity index (χ1v) is 7.92. The van der Waals surface area contributed by atoms with Gasteiger partial charge < -0.3 is 9.47 Å². The number of nitrogens with one attached hydrogen (secondary N) is 1. The van der Waals surface area contributed by atoms with Crippen LogP contribution < -0.4 is 20.3 Å². The summed E-state index contributed by atoms with van der Waals surface area (Å²) >= 11 is 1.42. The molecule has 2 aromatic rings. The van der Waals surface area contributed by atoms with Crippen LogP contribution in [-0.2, 0) is 6.42 Å². The molecule has 5 nitrogen and oxygen atoms in total. The summed E-state index contributed by atoms with van der Waals surface area (Å²) in [7, 11) is 0. The van der Waals surface area contributed by atoms with Crippen molar-refractivity contribution in [2.45, 2.75) is 6.42 Å². The third-order valence-electron chi connectivity index (χ3n) is 3.32. The second-order valence-corrected chi connectivity index (χ2v) is 5.88. The molecule has 0 radical (unpaired) electrons. The summed E-state index contributed by atoms with van der Waals surface area (Å²) in [5.41, 5.74) is 1.97. The van der Waals surface area contributed by atoms with Crippen LogP contribution >= 0.6 is 11.8 Å². The van der Waals surface area contributed by atoms with Crippen LogP contribution in [0, 0.1) is 5.41 Å². The average molecular weight is 315 g/mol. The van der Waals surface area contributed by atoms with E-state index in [1.54, 1.807) is 0 Å². The van der Waals surface area contributed by atoms with E-state index in [-0.39, 0.29) is 6.79 Å². The zero-order valence-corrected chi connectivity index (χ0v) is 12.8. The molecule has 0 aromatic heterocycles. The largest absolute Gasteiger partial charge is 0.454 e. The zero-order valence-electron chi connectivity index (χ0n) is 12.0. The molecule has 3 N–H and O–H groups in total. The molecule has 0 aliphatic carbocycles. The van der Waals surface area contributed by atoms with Gasteiger partial charge in [0.2, 0.25) is 6.79 Å². The maximum absolute atomic E-state index is 8.04. The fraction of sp³-hybridized carbons (Fsp3) is 0.188. The van der Waals surface area contributed by atoms with Gasteiger partial charge in [-0.05, 0) is 36.2 Å². The van der Waals surface area contributed by atoms with Gasteiger partial charge in [-0.1, -0.05) is 36.0 Å². The number of hydrogen-bond acceptors (Lipinski definition) is 5. The van der Waals surface area contributed by atoms with Crippen LogP contribution in [0.25, 0.3) is 0 Å². The SMILES string of the molecule is N=C(SCCc1ccc2c(c1)OCO2)N(N)c1ccccc1. The molecule has 114 valence electrons. The van der Waals surface area contributed by atoms with Gasteiger partial charge in [0.15, 0.2) is 16.7 Å². The van der Waals surface area contributed by atoms with Gasteiger partial charge in [-0.25, -0.2) is 5.84 Å². The van der Waals surface area contributed by atoms with Crippen molar-refractivity contribution in [3.8, 4) is 11.5 Å². The first-order valence-electron chi connectivity index (χ1n) is 6.94. The fourth-order valence-electron chi connectivity index (χ4n) is 2.14. The Kier molecular flexibility index (Phi) is 4.50. The highest BCUT2D eigenvalue weighted by atomic mass is 32.2. The van der Waals surface area contributed by atoms with Crippen LogP contribution in [0.4, 0.5) is 5.69 Å². The number of ether oxygens (including phenoxy) is 2. The van der Waals surface area contributed by atoms with Gasteiger partial charge in [-0.3, -0.25) is 10.4 Å². The Hall–Kier alpha value is -2.18. The van der Waals surface area contributed by atoms with E-state index >= 15 is 0 Å². The molecule has 0 saturated heterocycles. The molecular formula is C16H17N3O2S. The number of para-hydroxylation sites is 1. The third-order valence-corrected chi connectivity index (χ3v) is 4.20. The van der Waals surface area contributed by atoms with Crippen LogP contribution in [0.3, 0.4) is 0 Å². The number of thioether (sulfide) groups is 1. The summed E-state index contributed by atoms with van der Waals surface area (Å²) in [6.07, 6.45) is 0.840. The minimum atomic E-state index is 0.289. The Morgan fingerprint density at radius 3 is 2.73 bits per heavy atom. The first kappa shape index (κ1) is 14.7. The van der Waals surface area contributed by atoms with E-state index in [9.17, 15) is 0 Å². The lowest BCUT2D eigenvalue weighted by atomic mass is 10.1. The third kappa shape index (κ3) is 3.35. The monoisotopic (exact) mass is 315 g/mol. The van der Waals surface area contributed by atoms with Gasteiger partial charge >= 0.3 is 0 Å². The molecule has 0 atom stereocenters. The van der Waals surface area contributed by atoms with E-state index in [1.807, 2.05) is 48.5 Å². The summed E-state index contributed by atoms with van der Waals surface area (Å²) in [6, 6.07) is 15.4. The quantitative estimate of drug-likeness (QED) is 0.393. The Bertz CT molecular complexity index is 664. The summed E-state index contributed by atoms with van der Waals surface area (Å²) < 4.78 is 10.7. The molecule has 0 fully saturated rings. The molecular weight excluding hydrogens is 298 g/mol. The van der Waals surface area contributed by atoms with Gasteiger partial charge in [0.05, 0.1) is 5.69 Å². The summed E-state index contributed by atoms with van der Waals surface area (Å²) in [6.45, 7) is 0.289. The molecule has 0 spiro atoms. The van der Waals surface area contributed by atoms with E-state index < -0.39 is 0 Å². The highest BCUT2D eigenvalue weighted by molar-refractivity contribution is 8.14. The smallest absolute Gasteiger partial charge is 0.231 e. The molecule has 22 heavy (non-hydrogen) atoms. The molecule has 3 rings (SSSR count). The number of rotatable bonds is 4. The van der Waals surface area contributed by atoms with Gasteiger partial charge in [0.25, 0.3) is 0 Å². The minimum absolute atomic E-state index is 0.289. The number of benzene rings is 2. The number of anilines is 1. The van der Waals surface area contributed by atoms with Crippen molar-refractivity contribution in [2.24, 2.45) is 5.84 Å². The van der Waals surface area contributed by atoms with Crippen LogP contribution in [0.1, 0.15) is 5.56 Å². The topological polar surface area (TPSA) is 71.6 Å². The molecule has 0 bridgehead atoms. The Morgan fingerprint density at radius 1 is 1.14 bits per heavy atom. The van der Waals surface area contributed by atoms with E-state index in [0.717, 1.165) is 34.9 Å². The molecule has 6 heteroatoms. The van der Waals surface area contributed by atoms with Crippen LogP contribution in [0.2, 0.25) is 0 Å². The molecule has 0 unspecified atom stereocenters. The summed E-state index contributed by atoms with van der Waals surface area (Å²) in [4.78, 5) is 0. The second-order valence-electron chi connectivity index (χ2n) is 4.80. The van der Waals surface area contributed by atoms with Crippen molar-refractivity contribution < 1.29 is 9.47 Å². The van der Waals surface area contributed by atoms with Crippen molar-refractivity contribution in [3.63, 3.8) is 0 Å². The van der Waals surface area contributed by atoms with Crippen molar-refractivity contribution in [1.29, 1.82) is 5.41 Å². The molecule has 2 aromatic carbocycles. The van der Waals surface area contributed by atoms with Crippen LogP contribution in [0.5, 0.6) is 11.5 Å². The highest BCUT2D eigenvalue weighted by Crippen LogP contribution is 2.32. The van der Waals surface area contributed by atoms with Gasteiger partial charge in [-0.2, -0.15) is 0 Å². The highest BCUT2D eigenvalue weighted by Gasteiger charge is 2.13. The lowest BCUT2D eigenvalue weighted by molar-refractivity contribution is 0.174. The number of fused-ring (bicyclic) bond motifs is 1. The number of amidine groups is 1. The lowest BCUT2D eigenvalue weighted by Gasteiger charge is -2.18. The van der Waals surface area contributed by atoms with Crippen molar-refractivity contribution in [3.05, 3.63) is 54.1 Å². The standard InChI is InChI=1S/C16H17N3O2S/c17-16(19(18)13-4-2-1-3-5-13)22-9-8-12-6-7-14-15(10-12)21-11-20-14/h1-7,10,17H,8-9,11,18H2. The predicted octanol–water partition coefficient (Wildman–Crippen LogP) is 3.01. The van der Waals surface area contributed by atoms with E-state index in [0.29, 0.717) is 5.17 Å². The minimum Gasteiger partial charge on any atom is -0.454 e. The summed E-state index contributed by atoms with van der Waals surface area (Å²) in [5, 5.41) is 9.76. The van der Waals surface area contributed by atoms with Gasteiger partial charge in [-0.15, -0.1) is 0 Å². The zero-order chi connectivity index (χ0) is 15.4. The molecule has 1 aliphatic rings. The molecule has 0 amide bonds. The predicted molar refractivity (Wildman–Crippen MR) is 89.6 cm³/mol. The van der Waals surface area contributed by atoms with E-state index in [2.05, 4.69) is 0 Å². The normalized spacial score (nSPS) is 12.2. The Balaban J connectivity index is 1.51. The number of hydrogen-bond donors (Lipinski definition) is 2. The number of hydrazine groups is 1. The van der Waals surface area contributed by atoms with Crippen molar-refractivity contribution in [2.75, 3.05) is 17.6 Å². The molecule has 0 saturated carbocycles. The lowest BCUT2D eigenvalue weighted by Crippen LogP contribution is -2.35. The average Bonchev–Trinajstić information content (AvgIpc) is 3.02. The Morgan fingerprint density at radius 2 is 1.91 bits per heavy atom. The summed E-state index contributed by atoms with van der Waals surface area (Å²) in [5.74, 6) is 8.31.